The van der Waals surface area contributed by atoms with Gasteiger partial charge in [-0.3, -0.25) is 9.59 Å². The third-order valence-electron chi connectivity index (χ3n) is 4.70. The van der Waals surface area contributed by atoms with E-state index in [4.69, 9.17) is 10.5 Å². The molecule has 2 N–H and O–H groups in total. The summed E-state index contributed by atoms with van der Waals surface area (Å²) in [6.07, 6.45) is 3.11. The van der Waals surface area contributed by atoms with Crippen molar-refractivity contribution in [2.75, 3.05) is 13.7 Å². The maximum absolute atomic E-state index is 12.5. The molecular formula is C20H22N2O3. The number of hydrogen-bond acceptors (Lipinski definition) is 3. The van der Waals surface area contributed by atoms with E-state index in [1.54, 1.807) is 29.2 Å². The first-order valence-electron chi connectivity index (χ1n) is 8.42. The summed E-state index contributed by atoms with van der Waals surface area (Å²) >= 11 is 0. The van der Waals surface area contributed by atoms with E-state index in [0.717, 1.165) is 19.3 Å². The highest BCUT2D eigenvalue weighted by atomic mass is 16.5. The predicted octanol–water partition coefficient (Wildman–Crippen LogP) is 2.70. The average molecular weight is 338 g/mol. The smallest absolute Gasteiger partial charge is 0.260 e. The van der Waals surface area contributed by atoms with E-state index in [0.29, 0.717) is 11.3 Å². The average Bonchev–Trinajstić information content (AvgIpc) is 2.65. The number of carbonyl (C=O) groups is 2. The monoisotopic (exact) mass is 338 g/mol. The van der Waals surface area contributed by atoms with Crippen molar-refractivity contribution in [3.8, 4) is 5.75 Å². The fourth-order valence-corrected chi connectivity index (χ4v) is 3.27. The van der Waals surface area contributed by atoms with Crippen molar-refractivity contribution < 1.29 is 14.3 Å². The Kier molecular flexibility index (Phi) is 5.03. The molecule has 0 fully saturated rings. The van der Waals surface area contributed by atoms with Crippen LogP contribution in [0, 0.1) is 0 Å². The Bertz CT molecular complexity index is 771. The number of primary amides is 1. The van der Waals surface area contributed by atoms with Crippen molar-refractivity contribution >= 4 is 11.8 Å². The van der Waals surface area contributed by atoms with E-state index < -0.39 is 5.91 Å². The van der Waals surface area contributed by atoms with E-state index in [2.05, 4.69) is 12.1 Å². The summed E-state index contributed by atoms with van der Waals surface area (Å²) in [6, 6.07) is 14.9. The van der Waals surface area contributed by atoms with Gasteiger partial charge in [0.15, 0.2) is 6.61 Å². The van der Waals surface area contributed by atoms with Crippen LogP contribution in [0.1, 0.15) is 40.4 Å². The summed E-state index contributed by atoms with van der Waals surface area (Å²) in [6.45, 7) is -0.0366. The summed E-state index contributed by atoms with van der Waals surface area (Å²) < 4.78 is 5.56. The fraction of sp³-hybridized carbons (Fsp3) is 0.300. The van der Waals surface area contributed by atoms with E-state index in [-0.39, 0.29) is 18.6 Å². The molecule has 5 heteroatoms. The lowest BCUT2D eigenvalue weighted by Gasteiger charge is -2.33. The van der Waals surface area contributed by atoms with E-state index in [9.17, 15) is 9.59 Å². The Hall–Kier alpha value is -2.82. The number of benzene rings is 2. The molecule has 0 saturated carbocycles. The molecule has 0 heterocycles. The number of rotatable bonds is 5. The molecule has 0 bridgehead atoms. The third kappa shape index (κ3) is 3.82. The molecule has 25 heavy (non-hydrogen) atoms. The normalized spacial score (nSPS) is 16.0. The maximum atomic E-state index is 12.5. The van der Waals surface area contributed by atoms with Gasteiger partial charge in [0.25, 0.3) is 5.91 Å². The molecule has 130 valence electrons. The van der Waals surface area contributed by atoms with Crippen LogP contribution in [-0.2, 0) is 11.2 Å². The summed E-state index contributed by atoms with van der Waals surface area (Å²) in [5.41, 5.74) is 8.17. The molecular weight excluding hydrogens is 316 g/mol. The van der Waals surface area contributed by atoms with E-state index >= 15 is 0 Å². The topological polar surface area (TPSA) is 72.6 Å². The van der Waals surface area contributed by atoms with Crippen LogP contribution >= 0.6 is 0 Å². The van der Waals surface area contributed by atoms with Crippen LogP contribution < -0.4 is 10.5 Å². The predicted molar refractivity (Wildman–Crippen MR) is 95.3 cm³/mol. The lowest BCUT2D eigenvalue weighted by atomic mass is 9.87. The van der Waals surface area contributed by atoms with E-state index in [1.165, 1.54) is 11.1 Å². The van der Waals surface area contributed by atoms with Gasteiger partial charge in [0, 0.05) is 12.6 Å². The highest BCUT2D eigenvalue weighted by molar-refractivity contribution is 5.92. The number of fused-ring (bicyclic) bond motifs is 1. The first-order valence-corrected chi connectivity index (χ1v) is 8.42. The maximum Gasteiger partial charge on any atom is 0.260 e. The molecule has 0 spiro atoms. The second-order valence-corrected chi connectivity index (χ2v) is 6.29. The van der Waals surface area contributed by atoms with Crippen LogP contribution in [0.2, 0.25) is 0 Å². The van der Waals surface area contributed by atoms with Gasteiger partial charge in [0.1, 0.15) is 5.75 Å². The number of aryl methyl sites for hydroxylation is 1. The van der Waals surface area contributed by atoms with Gasteiger partial charge in [-0.05, 0) is 54.7 Å². The molecule has 2 amide bonds. The second kappa shape index (κ2) is 7.38. The zero-order valence-corrected chi connectivity index (χ0v) is 14.3. The highest BCUT2D eigenvalue weighted by Crippen LogP contribution is 2.33. The number of hydrogen-bond donors (Lipinski definition) is 1. The molecule has 1 aliphatic carbocycles. The van der Waals surface area contributed by atoms with Gasteiger partial charge in [-0.15, -0.1) is 0 Å². The van der Waals surface area contributed by atoms with Gasteiger partial charge in [-0.1, -0.05) is 24.3 Å². The molecule has 0 aromatic heterocycles. The summed E-state index contributed by atoms with van der Waals surface area (Å²) in [7, 11) is 1.83. The number of amides is 2. The van der Waals surface area contributed by atoms with Crippen molar-refractivity contribution in [1.82, 2.24) is 4.90 Å². The quantitative estimate of drug-likeness (QED) is 0.911. The zero-order valence-electron chi connectivity index (χ0n) is 14.3. The Labute approximate surface area is 147 Å². The standard InChI is InChI=1S/C20H22N2O3/c1-22(18-8-4-6-14-5-2-3-7-17(14)18)19(23)13-25-16-11-9-15(10-12-16)20(21)24/h2-3,5,7,9-12,18H,4,6,8,13H2,1H3,(H2,21,24)/t18-/m1/s1. The van der Waals surface area contributed by atoms with Gasteiger partial charge in [-0.25, -0.2) is 0 Å². The second-order valence-electron chi connectivity index (χ2n) is 6.29. The Morgan fingerprint density at radius 1 is 1.16 bits per heavy atom. The van der Waals surface area contributed by atoms with Crippen molar-refractivity contribution in [3.05, 3.63) is 65.2 Å². The summed E-state index contributed by atoms with van der Waals surface area (Å²) in [5, 5.41) is 0. The van der Waals surface area contributed by atoms with Crippen molar-refractivity contribution in [2.45, 2.75) is 25.3 Å². The molecule has 1 aliphatic rings. The third-order valence-corrected chi connectivity index (χ3v) is 4.70. The molecule has 0 unspecified atom stereocenters. The fourth-order valence-electron chi connectivity index (χ4n) is 3.27. The van der Waals surface area contributed by atoms with Crippen molar-refractivity contribution in [3.63, 3.8) is 0 Å². The molecule has 0 radical (unpaired) electrons. The first kappa shape index (κ1) is 17.0. The molecule has 0 aliphatic heterocycles. The largest absolute Gasteiger partial charge is 0.484 e. The Morgan fingerprint density at radius 3 is 2.60 bits per heavy atom. The lowest BCUT2D eigenvalue weighted by molar-refractivity contribution is -0.134. The Morgan fingerprint density at radius 2 is 1.88 bits per heavy atom. The van der Waals surface area contributed by atoms with Crippen molar-refractivity contribution in [2.24, 2.45) is 5.73 Å². The van der Waals surface area contributed by atoms with Crippen LogP contribution in [0.3, 0.4) is 0 Å². The Balaban J connectivity index is 1.63. The molecule has 0 saturated heterocycles. The number of nitrogens with zero attached hydrogens (tertiary/aromatic N) is 1. The van der Waals surface area contributed by atoms with Crippen LogP contribution in [0.5, 0.6) is 5.75 Å². The summed E-state index contributed by atoms with van der Waals surface area (Å²) in [5.74, 6) is -0.0187. The van der Waals surface area contributed by atoms with Gasteiger partial charge in [0.2, 0.25) is 5.91 Å². The lowest BCUT2D eigenvalue weighted by Crippen LogP contribution is -2.36. The van der Waals surface area contributed by atoms with Crippen molar-refractivity contribution in [1.29, 1.82) is 0 Å². The van der Waals surface area contributed by atoms with E-state index in [1.807, 2.05) is 19.2 Å². The van der Waals surface area contributed by atoms with Crippen LogP contribution in [0.15, 0.2) is 48.5 Å². The molecule has 1 atom stereocenters. The highest BCUT2D eigenvalue weighted by Gasteiger charge is 2.26. The number of likely N-dealkylation sites (N-methyl/N-ethyl adjacent to an activating group) is 1. The van der Waals surface area contributed by atoms with Crippen LogP contribution in [-0.4, -0.2) is 30.4 Å². The molecule has 5 nitrogen and oxygen atoms in total. The van der Waals surface area contributed by atoms with Gasteiger partial charge in [-0.2, -0.15) is 0 Å². The number of nitrogens with two attached hydrogens (primary N) is 1. The van der Waals surface area contributed by atoms with Crippen LogP contribution in [0.25, 0.3) is 0 Å². The molecule has 3 rings (SSSR count). The minimum absolute atomic E-state index is 0.0366. The number of carbonyl (C=O) groups excluding carboxylic acids is 2. The van der Waals surface area contributed by atoms with Gasteiger partial charge >= 0.3 is 0 Å². The van der Waals surface area contributed by atoms with Crippen LogP contribution in [0.4, 0.5) is 0 Å². The number of ether oxygens (including phenoxy) is 1. The minimum atomic E-state index is -0.488. The zero-order chi connectivity index (χ0) is 17.8. The minimum Gasteiger partial charge on any atom is -0.484 e. The summed E-state index contributed by atoms with van der Waals surface area (Å²) in [4.78, 5) is 25.4. The van der Waals surface area contributed by atoms with Gasteiger partial charge in [0.05, 0.1) is 6.04 Å². The molecule has 2 aromatic carbocycles. The SMILES string of the molecule is CN(C(=O)COc1ccc(C(N)=O)cc1)[C@@H]1CCCc2ccccc21. The van der Waals surface area contributed by atoms with Gasteiger partial charge < -0.3 is 15.4 Å². The molecule has 2 aromatic rings. The first-order chi connectivity index (χ1) is 12.1.